The van der Waals surface area contributed by atoms with Crippen LogP contribution in [0.5, 0.6) is 0 Å². The zero-order chi connectivity index (χ0) is 11.7. The van der Waals surface area contributed by atoms with Gasteiger partial charge in [0.25, 0.3) is 0 Å². The summed E-state index contributed by atoms with van der Waals surface area (Å²) in [6.45, 7) is 1.64. The van der Waals surface area contributed by atoms with Gasteiger partial charge < -0.3 is 10.1 Å². The smallest absolute Gasteiger partial charge is 0.183 e. The Morgan fingerprint density at radius 1 is 1.53 bits per heavy atom. The summed E-state index contributed by atoms with van der Waals surface area (Å²) in [6.07, 6.45) is 2.53. The number of nitrogens with zero attached hydrogens (tertiary/aromatic N) is 1. The Balaban J connectivity index is 1.72. The predicted octanol–water partition coefficient (Wildman–Crippen LogP) is 3.03. The van der Waals surface area contributed by atoms with Gasteiger partial charge in [0.2, 0.25) is 0 Å². The van der Waals surface area contributed by atoms with Crippen molar-refractivity contribution in [3.63, 3.8) is 0 Å². The summed E-state index contributed by atoms with van der Waals surface area (Å²) < 4.78 is 19.4. The van der Waals surface area contributed by atoms with Crippen molar-refractivity contribution in [2.75, 3.05) is 18.5 Å². The van der Waals surface area contributed by atoms with E-state index in [-0.39, 0.29) is 5.82 Å². The number of halogens is 1. The van der Waals surface area contributed by atoms with E-state index in [1.807, 2.05) is 0 Å². The number of thiazole rings is 1. The van der Waals surface area contributed by atoms with E-state index in [0.29, 0.717) is 6.10 Å². The molecule has 3 rings (SSSR count). The van der Waals surface area contributed by atoms with Gasteiger partial charge in [0, 0.05) is 13.2 Å². The van der Waals surface area contributed by atoms with Crippen molar-refractivity contribution in [2.45, 2.75) is 18.9 Å². The first-order valence-electron chi connectivity index (χ1n) is 5.73. The molecule has 5 heteroatoms. The number of ether oxygens (including phenoxy) is 1. The minimum Gasteiger partial charge on any atom is -0.376 e. The highest BCUT2D eigenvalue weighted by atomic mass is 32.1. The number of benzene rings is 1. The van der Waals surface area contributed by atoms with Crippen molar-refractivity contribution < 1.29 is 9.13 Å². The van der Waals surface area contributed by atoms with Gasteiger partial charge in [-0.3, -0.25) is 0 Å². The molecule has 17 heavy (non-hydrogen) atoms. The number of nitrogens with one attached hydrogen (secondary N) is 1. The summed E-state index contributed by atoms with van der Waals surface area (Å²) in [4.78, 5) is 4.40. The molecule has 0 bridgehead atoms. The van der Waals surface area contributed by atoms with Gasteiger partial charge in [-0.25, -0.2) is 9.37 Å². The largest absolute Gasteiger partial charge is 0.376 e. The van der Waals surface area contributed by atoms with E-state index in [0.717, 1.165) is 41.3 Å². The molecule has 0 saturated carbocycles. The summed E-state index contributed by atoms with van der Waals surface area (Å²) in [5, 5.41) is 4.09. The first-order valence-corrected chi connectivity index (χ1v) is 6.54. The molecule has 2 heterocycles. The molecule has 0 amide bonds. The van der Waals surface area contributed by atoms with Crippen molar-refractivity contribution >= 4 is 26.7 Å². The summed E-state index contributed by atoms with van der Waals surface area (Å²) in [6, 6.07) is 4.66. The molecular formula is C12H13FN2OS. The number of aromatic nitrogens is 1. The third-order valence-corrected chi connectivity index (χ3v) is 3.83. The first-order chi connectivity index (χ1) is 8.31. The van der Waals surface area contributed by atoms with E-state index in [2.05, 4.69) is 10.3 Å². The Hall–Kier alpha value is -1.20. The summed E-state index contributed by atoms with van der Waals surface area (Å²) >= 11 is 1.48. The van der Waals surface area contributed by atoms with Gasteiger partial charge in [-0.05, 0) is 31.0 Å². The Kier molecular flexibility index (Phi) is 2.94. The van der Waals surface area contributed by atoms with Crippen LogP contribution in [0.4, 0.5) is 9.52 Å². The monoisotopic (exact) mass is 252 g/mol. The molecule has 0 aliphatic carbocycles. The van der Waals surface area contributed by atoms with E-state index < -0.39 is 0 Å². The molecule has 1 aromatic heterocycles. The topological polar surface area (TPSA) is 34.2 Å². The SMILES string of the molecule is Fc1ccc2nc(NCC3CCCO3)sc2c1. The van der Waals surface area contributed by atoms with E-state index >= 15 is 0 Å². The van der Waals surface area contributed by atoms with Crippen LogP contribution in [0.2, 0.25) is 0 Å². The van der Waals surface area contributed by atoms with Crippen LogP contribution in [0.15, 0.2) is 18.2 Å². The molecule has 1 atom stereocenters. The Labute approximate surface area is 103 Å². The molecule has 1 unspecified atom stereocenters. The molecule has 90 valence electrons. The molecule has 1 N–H and O–H groups in total. The number of hydrogen-bond acceptors (Lipinski definition) is 4. The van der Waals surface area contributed by atoms with E-state index in [1.54, 1.807) is 6.07 Å². The fourth-order valence-corrected chi connectivity index (χ4v) is 2.88. The van der Waals surface area contributed by atoms with Crippen molar-refractivity contribution in [1.82, 2.24) is 4.98 Å². The minimum absolute atomic E-state index is 0.216. The number of fused-ring (bicyclic) bond motifs is 1. The maximum Gasteiger partial charge on any atom is 0.183 e. The standard InChI is InChI=1S/C12H13FN2OS/c13-8-3-4-10-11(6-8)17-12(15-10)14-7-9-2-1-5-16-9/h3-4,6,9H,1-2,5,7H2,(H,14,15). The van der Waals surface area contributed by atoms with Crippen LogP contribution >= 0.6 is 11.3 Å². The normalized spacial score (nSPS) is 19.9. The highest BCUT2D eigenvalue weighted by molar-refractivity contribution is 7.22. The van der Waals surface area contributed by atoms with Crippen LogP contribution in [0.1, 0.15) is 12.8 Å². The Morgan fingerprint density at radius 3 is 3.29 bits per heavy atom. The summed E-state index contributed by atoms with van der Waals surface area (Å²) in [5.74, 6) is -0.216. The van der Waals surface area contributed by atoms with Crippen molar-refractivity contribution in [3.05, 3.63) is 24.0 Å². The first kappa shape index (κ1) is 10.9. The van der Waals surface area contributed by atoms with E-state index in [9.17, 15) is 4.39 Å². The van der Waals surface area contributed by atoms with Gasteiger partial charge in [0.15, 0.2) is 5.13 Å². The van der Waals surface area contributed by atoms with Crippen molar-refractivity contribution in [2.24, 2.45) is 0 Å². The van der Waals surface area contributed by atoms with Crippen molar-refractivity contribution in [1.29, 1.82) is 0 Å². The second-order valence-electron chi connectivity index (χ2n) is 4.15. The van der Waals surface area contributed by atoms with Crippen LogP contribution in [0.3, 0.4) is 0 Å². The zero-order valence-corrected chi connectivity index (χ0v) is 10.1. The van der Waals surface area contributed by atoms with Gasteiger partial charge in [-0.2, -0.15) is 0 Å². The summed E-state index contributed by atoms with van der Waals surface area (Å²) in [5.41, 5.74) is 0.839. The second kappa shape index (κ2) is 4.58. The van der Waals surface area contributed by atoms with Crippen LogP contribution in [-0.4, -0.2) is 24.2 Å². The molecule has 1 aliphatic rings. The van der Waals surface area contributed by atoms with E-state index in [4.69, 9.17) is 4.74 Å². The quantitative estimate of drug-likeness (QED) is 0.911. The predicted molar refractivity (Wildman–Crippen MR) is 67.0 cm³/mol. The molecule has 0 radical (unpaired) electrons. The average molecular weight is 252 g/mol. The van der Waals surface area contributed by atoms with Crippen LogP contribution in [0.25, 0.3) is 10.2 Å². The molecule has 0 spiro atoms. The second-order valence-corrected chi connectivity index (χ2v) is 5.18. The van der Waals surface area contributed by atoms with Crippen LogP contribution in [0, 0.1) is 5.82 Å². The highest BCUT2D eigenvalue weighted by Gasteiger charge is 2.15. The molecule has 1 aliphatic heterocycles. The molecule has 1 saturated heterocycles. The van der Waals surface area contributed by atoms with Crippen LogP contribution < -0.4 is 5.32 Å². The Morgan fingerprint density at radius 2 is 2.47 bits per heavy atom. The van der Waals surface area contributed by atoms with Gasteiger partial charge in [-0.1, -0.05) is 11.3 Å². The third-order valence-electron chi connectivity index (χ3n) is 2.86. The van der Waals surface area contributed by atoms with Gasteiger partial charge in [0.05, 0.1) is 16.3 Å². The van der Waals surface area contributed by atoms with Crippen LogP contribution in [-0.2, 0) is 4.74 Å². The number of anilines is 1. The van der Waals surface area contributed by atoms with Gasteiger partial charge in [0.1, 0.15) is 5.82 Å². The number of hydrogen-bond donors (Lipinski definition) is 1. The Bertz CT molecular complexity index is 522. The maximum atomic E-state index is 13.0. The lowest BCUT2D eigenvalue weighted by Crippen LogP contribution is -2.18. The minimum atomic E-state index is -0.216. The third kappa shape index (κ3) is 2.40. The maximum absolute atomic E-state index is 13.0. The lowest BCUT2D eigenvalue weighted by molar-refractivity contribution is 0.120. The fourth-order valence-electron chi connectivity index (χ4n) is 1.98. The lowest BCUT2D eigenvalue weighted by Gasteiger charge is -2.08. The lowest BCUT2D eigenvalue weighted by atomic mass is 10.2. The molecule has 1 aromatic carbocycles. The van der Waals surface area contributed by atoms with Gasteiger partial charge >= 0.3 is 0 Å². The molecular weight excluding hydrogens is 239 g/mol. The van der Waals surface area contributed by atoms with Gasteiger partial charge in [-0.15, -0.1) is 0 Å². The highest BCUT2D eigenvalue weighted by Crippen LogP contribution is 2.26. The average Bonchev–Trinajstić information content (AvgIpc) is 2.94. The molecule has 1 fully saturated rings. The molecule has 2 aromatic rings. The van der Waals surface area contributed by atoms with E-state index in [1.165, 1.54) is 23.5 Å². The molecule has 3 nitrogen and oxygen atoms in total. The zero-order valence-electron chi connectivity index (χ0n) is 9.28. The van der Waals surface area contributed by atoms with Crippen molar-refractivity contribution in [3.8, 4) is 0 Å². The fraction of sp³-hybridized carbons (Fsp3) is 0.417. The summed E-state index contributed by atoms with van der Waals surface area (Å²) in [7, 11) is 0. The number of rotatable bonds is 3.